The van der Waals surface area contributed by atoms with Crippen LogP contribution in [0.5, 0.6) is 0 Å². The molecule has 2 aliphatic rings. The maximum atomic E-state index is 14.3. The van der Waals surface area contributed by atoms with Crippen molar-refractivity contribution in [2.75, 3.05) is 13.2 Å². The van der Waals surface area contributed by atoms with E-state index in [1.54, 1.807) is 60.7 Å². The van der Waals surface area contributed by atoms with Gasteiger partial charge in [0.05, 0.1) is 57.4 Å². The van der Waals surface area contributed by atoms with Crippen molar-refractivity contribution < 1.29 is 62.1 Å². The molecule has 13 heteroatoms. The molecule has 9 rings (SSSR count). The first-order valence-corrected chi connectivity index (χ1v) is 24.8. The van der Waals surface area contributed by atoms with E-state index in [1.807, 2.05) is 152 Å². The first kappa shape index (κ1) is 52.0. The molecule has 0 saturated carbocycles. The van der Waals surface area contributed by atoms with Gasteiger partial charge in [-0.15, -0.1) is 0 Å². The van der Waals surface area contributed by atoms with Crippen LogP contribution in [0.4, 0.5) is 0 Å². The lowest BCUT2D eigenvalue weighted by molar-refractivity contribution is -0.367. The zero-order valence-electron chi connectivity index (χ0n) is 40.8. The van der Waals surface area contributed by atoms with Crippen LogP contribution in [-0.2, 0) is 80.4 Å². The van der Waals surface area contributed by atoms with Crippen molar-refractivity contribution in [3.05, 3.63) is 251 Å². The van der Waals surface area contributed by atoms with Gasteiger partial charge in [-0.05, 0) is 52.1 Å². The number of aliphatic hydroxyl groups excluding tert-OH is 1. The van der Waals surface area contributed by atoms with Gasteiger partial charge < -0.3 is 52.5 Å². The van der Waals surface area contributed by atoms with Gasteiger partial charge in [0, 0.05) is 0 Å². The molecule has 7 aromatic rings. The average molecular weight is 1000 g/mol. The summed E-state index contributed by atoms with van der Waals surface area (Å²) < 4.78 is 66.7. The van der Waals surface area contributed by atoms with Gasteiger partial charge in [0.1, 0.15) is 36.6 Å². The number of benzene rings is 7. The Bertz CT molecular complexity index is 2720. The highest BCUT2D eigenvalue weighted by atomic mass is 16.8. The van der Waals surface area contributed by atoms with Gasteiger partial charge in [0.25, 0.3) is 0 Å². The maximum Gasteiger partial charge on any atom is 0.338 e. The summed E-state index contributed by atoms with van der Waals surface area (Å²) in [6.07, 6.45) is -12.4. The van der Waals surface area contributed by atoms with Crippen LogP contribution in [0.25, 0.3) is 0 Å². The first-order chi connectivity index (χ1) is 36.4. The minimum absolute atomic E-state index is 0.0258. The molecular weight excluding hydrogens is 941 g/mol. The molecule has 0 spiro atoms. The predicted octanol–water partition coefficient (Wildman–Crippen LogP) is 9.45. The van der Waals surface area contributed by atoms with Crippen LogP contribution in [0.3, 0.4) is 0 Å². The topological polar surface area (TPSA) is 147 Å². The van der Waals surface area contributed by atoms with E-state index in [0.717, 1.165) is 27.8 Å². The van der Waals surface area contributed by atoms with Gasteiger partial charge in [-0.3, -0.25) is 0 Å². The third kappa shape index (κ3) is 14.4. The van der Waals surface area contributed by atoms with Crippen molar-refractivity contribution in [1.29, 1.82) is 0 Å². The smallest absolute Gasteiger partial charge is 0.338 e. The Labute approximate surface area is 431 Å². The van der Waals surface area contributed by atoms with Crippen molar-refractivity contribution in [2.24, 2.45) is 0 Å². The largest absolute Gasteiger partial charge is 0.452 e. The van der Waals surface area contributed by atoms with Crippen LogP contribution in [0.15, 0.2) is 212 Å². The summed E-state index contributed by atoms with van der Waals surface area (Å²) in [6.45, 7) is 0.763. The lowest BCUT2D eigenvalue weighted by Gasteiger charge is -2.49. The van der Waals surface area contributed by atoms with E-state index in [0.29, 0.717) is 0 Å². The quantitative estimate of drug-likeness (QED) is 0.0608. The summed E-state index contributed by atoms with van der Waals surface area (Å²) in [5.41, 5.74) is 4.93. The molecule has 1 N–H and O–H groups in total. The second-order valence-electron chi connectivity index (χ2n) is 18.0. The Kier molecular flexibility index (Phi) is 18.9. The summed E-state index contributed by atoms with van der Waals surface area (Å²) in [5, 5.41) is 11.9. The van der Waals surface area contributed by atoms with E-state index in [2.05, 4.69) is 0 Å². The molecule has 74 heavy (non-hydrogen) atoms. The summed E-state index contributed by atoms with van der Waals surface area (Å²) in [4.78, 5) is 28.2. The SMILES string of the molecule is O=C(O[C@@H]1[C@@H](OC(=O)c2ccccc2)[C@H](O)O[C@H](COCc2ccccc2)[C@@H]1O[C@H]1O[C@H](COCc2ccccc2)[C@H](OCc2ccccc2)[C@H](OCc2ccccc2)[C@H]1OCc1ccccc1)c1ccccc1. The molecule has 382 valence electrons. The third-order valence-electron chi connectivity index (χ3n) is 12.6. The van der Waals surface area contributed by atoms with Gasteiger partial charge in [-0.2, -0.15) is 0 Å². The monoisotopic (exact) mass is 1000 g/mol. The average Bonchev–Trinajstić information content (AvgIpc) is 3.45. The Morgan fingerprint density at radius 2 is 0.703 bits per heavy atom. The highest BCUT2D eigenvalue weighted by Gasteiger charge is 2.55. The fourth-order valence-electron chi connectivity index (χ4n) is 8.86. The molecule has 0 amide bonds. The molecule has 2 aliphatic heterocycles. The first-order valence-electron chi connectivity index (χ1n) is 24.8. The summed E-state index contributed by atoms with van der Waals surface area (Å²) in [5.74, 6) is -1.56. The molecule has 0 unspecified atom stereocenters. The molecule has 13 nitrogen and oxygen atoms in total. The zero-order valence-corrected chi connectivity index (χ0v) is 40.8. The predicted molar refractivity (Wildman–Crippen MR) is 273 cm³/mol. The van der Waals surface area contributed by atoms with Crippen molar-refractivity contribution in [2.45, 2.75) is 94.4 Å². The number of ether oxygens (including phenoxy) is 10. The van der Waals surface area contributed by atoms with E-state index in [4.69, 9.17) is 47.4 Å². The number of carbonyl (C=O) groups is 2. The summed E-state index contributed by atoms with van der Waals surface area (Å²) >= 11 is 0. The Morgan fingerprint density at radius 3 is 1.12 bits per heavy atom. The van der Waals surface area contributed by atoms with E-state index in [-0.39, 0.29) is 57.4 Å². The second kappa shape index (κ2) is 26.9. The Balaban J connectivity index is 1.12. The molecule has 0 bridgehead atoms. The van der Waals surface area contributed by atoms with Gasteiger partial charge >= 0.3 is 11.9 Å². The van der Waals surface area contributed by atoms with Crippen molar-refractivity contribution in [3.63, 3.8) is 0 Å². The molecule has 7 aromatic carbocycles. The zero-order chi connectivity index (χ0) is 50.7. The molecule has 0 radical (unpaired) electrons. The molecule has 0 aliphatic carbocycles. The van der Waals surface area contributed by atoms with Crippen LogP contribution >= 0.6 is 0 Å². The standard InChI is InChI=1S/C61H60O13/c62-58(48-32-18-6-19-33-48)72-55-53(51(42-66-37-44-24-10-2-11-25-44)70-60(64)56(55)73-59(63)49-34-20-7-21-35-49)74-61-57(69-40-47-30-16-5-17-31-47)54(68-39-46-28-14-4-15-29-46)52(67-38-45-26-12-3-13-27-45)50(71-61)41-65-36-43-22-8-1-9-23-43/h1-35,50-57,60-61,64H,36-42H2/t50-,51-,52+,53+,54+,55+,56-,57-,60-,61-/m1/s1. The van der Waals surface area contributed by atoms with Crippen LogP contribution in [0, 0.1) is 0 Å². The van der Waals surface area contributed by atoms with Crippen LogP contribution in [0.1, 0.15) is 48.5 Å². The van der Waals surface area contributed by atoms with Crippen LogP contribution < -0.4 is 0 Å². The fraction of sp³-hybridized carbons (Fsp3) is 0.279. The molecule has 0 aromatic heterocycles. The van der Waals surface area contributed by atoms with E-state index < -0.39 is 73.4 Å². The van der Waals surface area contributed by atoms with Gasteiger partial charge in [-0.1, -0.05) is 188 Å². The number of esters is 2. The number of aliphatic hydroxyl groups is 1. The van der Waals surface area contributed by atoms with E-state index in [9.17, 15) is 14.7 Å². The Hall–Kier alpha value is -6.88. The van der Waals surface area contributed by atoms with Gasteiger partial charge in [-0.25, -0.2) is 9.59 Å². The Morgan fingerprint density at radius 1 is 0.365 bits per heavy atom. The van der Waals surface area contributed by atoms with Crippen molar-refractivity contribution in [1.82, 2.24) is 0 Å². The lowest BCUT2D eigenvalue weighted by Crippen LogP contribution is -2.66. The fourth-order valence-corrected chi connectivity index (χ4v) is 8.86. The molecule has 2 saturated heterocycles. The van der Waals surface area contributed by atoms with Gasteiger partial charge in [0.2, 0.25) is 0 Å². The molecule has 10 atom stereocenters. The molecular formula is C61H60O13. The molecule has 2 fully saturated rings. The van der Waals surface area contributed by atoms with Crippen LogP contribution in [-0.4, -0.2) is 91.7 Å². The number of hydrogen-bond acceptors (Lipinski definition) is 13. The molecule has 2 heterocycles. The number of carbonyl (C=O) groups excluding carboxylic acids is 2. The maximum absolute atomic E-state index is 14.3. The van der Waals surface area contributed by atoms with Crippen molar-refractivity contribution in [3.8, 4) is 0 Å². The van der Waals surface area contributed by atoms with Gasteiger partial charge in [0.15, 0.2) is 24.8 Å². The lowest BCUT2D eigenvalue weighted by atomic mass is 9.95. The minimum Gasteiger partial charge on any atom is -0.452 e. The summed E-state index contributed by atoms with van der Waals surface area (Å²) in [6, 6.07) is 65.2. The number of hydrogen-bond donors (Lipinski definition) is 1. The van der Waals surface area contributed by atoms with Crippen molar-refractivity contribution >= 4 is 11.9 Å². The summed E-state index contributed by atoms with van der Waals surface area (Å²) in [7, 11) is 0. The van der Waals surface area contributed by atoms with Crippen LogP contribution in [0.2, 0.25) is 0 Å². The van der Waals surface area contributed by atoms with E-state index >= 15 is 0 Å². The number of rotatable bonds is 23. The minimum atomic E-state index is -1.81. The highest BCUT2D eigenvalue weighted by Crippen LogP contribution is 2.36. The second-order valence-corrected chi connectivity index (χ2v) is 18.0. The third-order valence-corrected chi connectivity index (χ3v) is 12.6. The normalized spacial score (nSPS) is 23.6. The van der Waals surface area contributed by atoms with E-state index in [1.165, 1.54) is 0 Å². The highest BCUT2D eigenvalue weighted by molar-refractivity contribution is 5.90.